The Kier molecular flexibility index (Phi) is 11.8. The van der Waals surface area contributed by atoms with Crippen molar-refractivity contribution in [2.75, 3.05) is 0 Å². The normalized spacial score (nSPS) is 20.8. The molecule has 1 aliphatic heterocycles. The van der Waals surface area contributed by atoms with Crippen LogP contribution < -0.4 is 0 Å². The lowest BCUT2D eigenvalue weighted by Gasteiger charge is -2.41. The molecule has 1 heteroatoms. The summed E-state index contributed by atoms with van der Waals surface area (Å²) in [5.41, 5.74) is 1.48. The van der Waals surface area contributed by atoms with Gasteiger partial charge in [0.25, 0.3) is 0 Å². The molecule has 154 valence electrons. The maximum Gasteiger partial charge on any atom is 0.0239 e. The summed E-state index contributed by atoms with van der Waals surface area (Å²) in [6, 6.07) is 12.6. The lowest BCUT2D eigenvalue weighted by Crippen LogP contribution is -2.44. The van der Waals surface area contributed by atoms with Crippen molar-refractivity contribution in [1.82, 2.24) is 4.90 Å². The first kappa shape index (κ1) is 22.5. The summed E-state index contributed by atoms with van der Waals surface area (Å²) in [7, 11) is 0. The number of likely N-dealkylation sites (tertiary alicyclic amines) is 1. The van der Waals surface area contributed by atoms with E-state index in [9.17, 15) is 0 Å². The Morgan fingerprint density at radius 3 is 2.00 bits per heavy atom. The fourth-order valence-corrected chi connectivity index (χ4v) is 4.77. The molecule has 27 heavy (non-hydrogen) atoms. The van der Waals surface area contributed by atoms with Crippen molar-refractivity contribution in [3.05, 3.63) is 35.9 Å². The largest absolute Gasteiger partial charge is 0.293 e. The van der Waals surface area contributed by atoms with Gasteiger partial charge in [0.2, 0.25) is 0 Å². The Morgan fingerprint density at radius 1 is 0.778 bits per heavy atom. The topological polar surface area (TPSA) is 3.24 Å². The molecule has 0 spiro atoms. The smallest absolute Gasteiger partial charge is 0.0239 e. The van der Waals surface area contributed by atoms with E-state index in [1.54, 1.807) is 0 Å². The van der Waals surface area contributed by atoms with E-state index in [1.807, 2.05) is 0 Å². The molecule has 0 N–H and O–H groups in total. The molecular formula is C26H45N. The van der Waals surface area contributed by atoms with E-state index < -0.39 is 0 Å². The summed E-state index contributed by atoms with van der Waals surface area (Å²) in [6.07, 6.45) is 21.5. The van der Waals surface area contributed by atoms with Crippen molar-refractivity contribution in [3.63, 3.8) is 0 Å². The number of nitrogens with zero attached hydrogens (tertiary/aromatic N) is 1. The van der Waals surface area contributed by atoms with E-state index in [2.05, 4.69) is 49.1 Å². The number of hydrogen-bond acceptors (Lipinski definition) is 1. The zero-order valence-corrected chi connectivity index (χ0v) is 18.3. The second-order valence-electron chi connectivity index (χ2n) is 8.92. The lowest BCUT2D eigenvalue weighted by molar-refractivity contribution is 0.0773. The predicted molar refractivity (Wildman–Crippen MR) is 120 cm³/mol. The maximum absolute atomic E-state index is 2.80. The van der Waals surface area contributed by atoms with Gasteiger partial charge in [-0.2, -0.15) is 0 Å². The fraction of sp³-hybridized carbons (Fsp3) is 0.769. The summed E-state index contributed by atoms with van der Waals surface area (Å²) < 4.78 is 0. The molecule has 0 unspecified atom stereocenters. The van der Waals surface area contributed by atoms with Crippen LogP contribution in [0.25, 0.3) is 0 Å². The second kappa shape index (κ2) is 14.2. The molecule has 0 radical (unpaired) electrons. The highest BCUT2D eigenvalue weighted by Crippen LogP contribution is 2.28. The van der Waals surface area contributed by atoms with Gasteiger partial charge in [-0.05, 0) is 31.7 Å². The summed E-state index contributed by atoms with van der Waals surface area (Å²) in [5.74, 6) is 0. The molecule has 1 aromatic rings. The minimum absolute atomic E-state index is 0.747. The molecule has 0 aliphatic carbocycles. The zero-order valence-electron chi connectivity index (χ0n) is 18.3. The van der Waals surface area contributed by atoms with Crippen LogP contribution in [0, 0.1) is 0 Å². The average molecular weight is 372 g/mol. The maximum atomic E-state index is 2.80. The Morgan fingerprint density at radius 2 is 1.37 bits per heavy atom. The zero-order chi connectivity index (χ0) is 19.2. The quantitative estimate of drug-likeness (QED) is 0.298. The summed E-state index contributed by atoms with van der Waals surface area (Å²) in [5, 5.41) is 0. The van der Waals surface area contributed by atoms with Crippen LogP contribution in [0.2, 0.25) is 0 Å². The molecule has 1 fully saturated rings. The van der Waals surface area contributed by atoms with Crippen LogP contribution in [0.3, 0.4) is 0 Å². The van der Waals surface area contributed by atoms with Crippen molar-refractivity contribution in [3.8, 4) is 0 Å². The van der Waals surface area contributed by atoms with E-state index in [0.29, 0.717) is 0 Å². The van der Waals surface area contributed by atoms with Crippen molar-refractivity contribution in [2.24, 2.45) is 0 Å². The Hall–Kier alpha value is -0.820. The molecule has 2 rings (SSSR count). The molecule has 0 aromatic heterocycles. The fourth-order valence-electron chi connectivity index (χ4n) is 4.77. The second-order valence-corrected chi connectivity index (χ2v) is 8.92. The standard InChI is InChI=1S/C26H45N/c1-3-4-5-6-7-8-9-10-11-12-16-21-26-22-17-18-24(2)27(26)23-25-19-14-13-15-20-25/h13-15,19-20,24,26H,3-12,16-18,21-23H2,1-2H3/t24-,26-/m1/s1. The van der Waals surface area contributed by atoms with Gasteiger partial charge in [0.15, 0.2) is 0 Å². The van der Waals surface area contributed by atoms with E-state index in [0.717, 1.165) is 18.6 Å². The third kappa shape index (κ3) is 9.28. The van der Waals surface area contributed by atoms with E-state index in [-0.39, 0.29) is 0 Å². The number of hydrogen-bond donors (Lipinski definition) is 0. The van der Waals surface area contributed by atoms with Crippen molar-refractivity contribution < 1.29 is 0 Å². The lowest BCUT2D eigenvalue weighted by atomic mass is 9.92. The van der Waals surface area contributed by atoms with Crippen LogP contribution in [0.1, 0.15) is 116 Å². The van der Waals surface area contributed by atoms with E-state index in [1.165, 1.54) is 102 Å². The number of benzene rings is 1. The van der Waals surface area contributed by atoms with Crippen LogP contribution >= 0.6 is 0 Å². The Bertz CT molecular complexity index is 455. The molecule has 1 nitrogen and oxygen atoms in total. The van der Waals surface area contributed by atoms with Crippen molar-refractivity contribution >= 4 is 0 Å². The molecule has 2 atom stereocenters. The highest BCUT2D eigenvalue weighted by atomic mass is 15.2. The van der Waals surface area contributed by atoms with Gasteiger partial charge in [-0.25, -0.2) is 0 Å². The van der Waals surface area contributed by atoms with Crippen LogP contribution in [0.5, 0.6) is 0 Å². The van der Waals surface area contributed by atoms with Gasteiger partial charge in [-0.15, -0.1) is 0 Å². The highest BCUT2D eigenvalue weighted by Gasteiger charge is 2.27. The molecule has 1 aliphatic rings. The minimum atomic E-state index is 0.747. The van der Waals surface area contributed by atoms with Crippen molar-refractivity contribution in [2.45, 2.75) is 129 Å². The molecular weight excluding hydrogens is 326 g/mol. The van der Waals surface area contributed by atoms with Crippen LogP contribution in [-0.4, -0.2) is 17.0 Å². The van der Waals surface area contributed by atoms with Gasteiger partial charge in [-0.3, -0.25) is 4.90 Å². The minimum Gasteiger partial charge on any atom is -0.293 e. The summed E-state index contributed by atoms with van der Waals surface area (Å²) >= 11 is 0. The van der Waals surface area contributed by atoms with Gasteiger partial charge in [0, 0.05) is 18.6 Å². The summed E-state index contributed by atoms with van der Waals surface area (Å²) in [6.45, 7) is 5.88. The summed E-state index contributed by atoms with van der Waals surface area (Å²) in [4.78, 5) is 2.80. The monoisotopic (exact) mass is 371 g/mol. The van der Waals surface area contributed by atoms with E-state index in [4.69, 9.17) is 0 Å². The number of piperidine rings is 1. The molecule has 1 aromatic carbocycles. The van der Waals surface area contributed by atoms with Crippen LogP contribution in [-0.2, 0) is 6.54 Å². The molecule has 0 amide bonds. The third-order valence-electron chi connectivity index (χ3n) is 6.54. The SMILES string of the molecule is CCCCCCCCCCCCC[C@@H]1CCC[C@@H](C)N1Cc1ccccc1. The predicted octanol–water partition coefficient (Wildman–Crippen LogP) is 8.13. The highest BCUT2D eigenvalue weighted by molar-refractivity contribution is 5.15. The molecule has 1 heterocycles. The third-order valence-corrected chi connectivity index (χ3v) is 6.54. The number of rotatable bonds is 14. The molecule has 1 saturated heterocycles. The first-order valence-corrected chi connectivity index (χ1v) is 12.1. The van der Waals surface area contributed by atoms with Gasteiger partial charge in [0.05, 0.1) is 0 Å². The van der Waals surface area contributed by atoms with Crippen molar-refractivity contribution in [1.29, 1.82) is 0 Å². The van der Waals surface area contributed by atoms with Gasteiger partial charge in [0.1, 0.15) is 0 Å². The Balaban J connectivity index is 1.56. The number of unbranched alkanes of at least 4 members (excludes halogenated alkanes) is 10. The van der Waals surface area contributed by atoms with Gasteiger partial charge in [-0.1, -0.05) is 114 Å². The average Bonchev–Trinajstić information content (AvgIpc) is 2.69. The molecule has 0 bridgehead atoms. The van der Waals surface area contributed by atoms with Gasteiger partial charge < -0.3 is 0 Å². The molecule has 0 saturated carbocycles. The Labute approximate surface area is 169 Å². The van der Waals surface area contributed by atoms with Gasteiger partial charge >= 0.3 is 0 Å². The first-order chi connectivity index (χ1) is 13.3. The van der Waals surface area contributed by atoms with Crippen LogP contribution in [0.15, 0.2) is 30.3 Å². The van der Waals surface area contributed by atoms with Crippen LogP contribution in [0.4, 0.5) is 0 Å². The van der Waals surface area contributed by atoms with E-state index >= 15 is 0 Å². The first-order valence-electron chi connectivity index (χ1n) is 12.1.